The fraction of sp³-hybridized carbons (Fsp3) is 0.167. The van der Waals surface area contributed by atoms with Gasteiger partial charge in [0, 0.05) is 5.69 Å². The first-order chi connectivity index (χ1) is 5.52. The molecule has 2 N–H and O–H groups in total. The van der Waals surface area contributed by atoms with E-state index in [-0.39, 0.29) is 9.39 Å². The van der Waals surface area contributed by atoms with Crippen LogP contribution in [0.3, 0.4) is 0 Å². The van der Waals surface area contributed by atoms with E-state index in [2.05, 4.69) is 4.98 Å². The van der Waals surface area contributed by atoms with E-state index in [0.29, 0.717) is 0 Å². The van der Waals surface area contributed by atoms with E-state index in [4.69, 9.17) is 5.73 Å². The molecule has 66 valence electrons. The summed E-state index contributed by atoms with van der Waals surface area (Å²) in [5.41, 5.74) is 4.07. The summed E-state index contributed by atoms with van der Waals surface area (Å²) in [7, 11) is 0. The van der Waals surface area contributed by atoms with Crippen molar-refractivity contribution < 1.29 is 13.2 Å². The van der Waals surface area contributed by atoms with Crippen molar-refractivity contribution in [2.75, 3.05) is 5.73 Å². The van der Waals surface area contributed by atoms with Crippen molar-refractivity contribution in [1.29, 1.82) is 0 Å². The van der Waals surface area contributed by atoms with Gasteiger partial charge in [-0.15, -0.1) is 0 Å². The van der Waals surface area contributed by atoms with Crippen LogP contribution in [0.25, 0.3) is 0 Å². The molecule has 0 saturated heterocycles. The minimum Gasteiger partial charge on any atom is -0.398 e. The maximum Gasteiger partial charge on any atom is 0.270 e. The SMILES string of the molecule is Nc1cc(I)nc(F)c1C(F)F. The fourth-order valence-electron chi connectivity index (χ4n) is 0.727. The predicted octanol–water partition coefficient (Wildman–Crippen LogP) is 2.35. The van der Waals surface area contributed by atoms with E-state index in [1.165, 1.54) is 6.07 Å². The molecule has 0 aliphatic carbocycles. The molecule has 0 atom stereocenters. The molecule has 2 nitrogen and oxygen atoms in total. The van der Waals surface area contributed by atoms with Gasteiger partial charge in [0.2, 0.25) is 5.95 Å². The highest BCUT2D eigenvalue weighted by Gasteiger charge is 2.18. The molecule has 1 aromatic heterocycles. The van der Waals surface area contributed by atoms with Crippen LogP contribution in [-0.4, -0.2) is 4.98 Å². The van der Waals surface area contributed by atoms with Crippen molar-refractivity contribution in [2.24, 2.45) is 0 Å². The van der Waals surface area contributed by atoms with E-state index in [0.717, 1.165) is 0 Å². The number of hydrogen-bond donors (Lipinski definition) is 1. The number of nitrogens with two attached hydrogens (primary N) is 1. The van der Waals surface area contributed by atoms with Gasteiger partial charge < -0.3 is 5.73 Å². The van der Waals surface area contributed by atoms with Gasteiger partial charge in [-0.2, -0.15) is 4.39 Å². The lowest BCUT2D eigenvalue weighted by molar-refractivity contribution is 0.146. The summed E-state index contributed by atoms with van der Waals surface area (Å²) in [4.78, 5) is 3.22. The Morgan fingerprint density at radius 1 is 1.50 bits per heavy atom. The Morgan fingerprint density at radius 3 is 2.50 bits per heavy atom. The molecule has 1 rings (SSSR count). The molecule has 0 fully saturated rings. The quantitative estimate of drug-likeness (QED) is 0.636. The maximum absolute atomic E-state index is 12.7. The van der Waals surface area contributed by atoms with Gasteiger partial charge in [0.05, 0.1) is 5.56 Å². The zero-order valence-corrected chi connectivity index (χ0v) is 7.85. The Hall–Kier alpha value is -0.530. The van der Waals surface area contributed by atoms with Crippen LogP contribution in [0.1, 0.15) is 12.0 Å². The minimum absolute atomic E-state index is 0.256. The first-order valence-electron chi connectivity index (χ1n) is 2.92. The number of nitrogens with zero attached hydrogens (tertiary/aromatic N) is 1. The number of halogens is 4. The van der Waals surface area contributed by atoms with Gasteiger partial charge >= 0.3 is 0 Å². The van der Waals surface area contributed by atoms with Gasteiger partial charge in [-0.25, -0.2) is 13.8 Å². The van der Waals surface area contributed by atoms with Crippen LogP contribution < -0.4 is 5.73 Å². The largest absolute Gasteiger partial charge is 0.398 e. The minimum atomic E-state index is -2.92. The summed E-state index contributed by atoms with van der Waals surface area (Å²) in [5.74, 6) is -1.20. The van der Waals surface area contributed by atoms with Gasteiger partial charge in [0.15, 0.2) is 0 Å². The summed E-state index contributed by atoms with van der Waals surface area (Å²) in [6, 6.07) is 1.20. The zero-order chi connectivity index (χ0) is 9.30. The zero-order valence-electron chi connectivity index (χ0n) is 5.69. The number of hydrogen-bond acceptors (Lipinski definition) is 2. The normalized spacial score (nSPS) is 10.8. The molecule has 6 heteroatoms. The predicted molar refractivity (Wildman–Crippen MR) is 46.3 cm³/mol. The molecule has 0 aliphatic heterocycles. The van der Waals surface area contributed by atoms with Crippen molar-refractivity contribution >= 4 is 28.3 Å². The number of anilines is 1. The van der Waals surface area contributed by atoms with Crippen LogP contribution in [0.5, 0.6) is 0 Å². The number of pyridine rings is 1. The monoisotopic (exact) mass is 288 g/mol. The first kappa shape index (κ1) is 9.56. The highest BCUT2D eigenvalue weighted by Crippen LogP contribution is 2.27. The Kier molecular flexibility index (Phi) is 2.76. The molecule has 0 aromatic carbocycles. The summed E-state index contributed by atoms with van der Waals surface area (Å²) >= 11 is 1.70. The molecule has 0 spiro atoms. The number of aromatic nitrogens is 1. The topological polar surface area (TPSA) is 38.9 Å². The fourth-order valence-corrected chi connectivity index (χ4v) is 1.27. The third kappa shape index (κ3) is 1.79. The van der Waals surface area contributed by atoms with Gasteiger partial charge in [-0.1, -0.05) is 0 Å². The average Bonchev–Trinajstić information content (AvgIpc) is 1.82. The third-order valence-corrected chi connectivity index (χ3v) is 1.78. The Labute approximate surface area is 80.1 Å². The molecular formula is C6H4F3IN2. The summed E-state index contributed by atoms with van der Waals surface area (Å²) < 4.78 is 37.1. The highest BCUT2D eigenvalue weighted by molar-refractivity contribution is 14.1. The smallest absolute Gasteiger partial charge is 0.270 e. The lowest BCUT2D eigenvalue weighted by Gasteiger charge is -2.04. The first-order valence-corrected chi connectivity index (χ1v) is 4.00. The molecule has 0 unspecified atom stereocenters. The van der Waals surface area contributed by atoms with Gasteiger partial charge in [-0.05, 0) is 28.7 Å². The second-order valence-corrected chi connectivity index (χ2v) is 3.14. The maximum atomic E-state index is 12.7. The van der Waals surface area contributed by atoms with E-state index in [1.807, 2.05) is 0 Å². The van der Waals surface area contributed by atoms with Gasteiger partial charge in [0.1, 0.15) is 3.70 Å². The molecule has 12 heavy (non-hydrogen) atoms. The number of rotatable bonds is 1. The van der Waals surface area contributed by atoms with Crippen LogP contribution in [-0.2, 0) is 0 Å². The average molecular weight is 288 g/mol. The molecule has 0 bridgehead atoms. The van der Waals surface area contributed by atoms with Crippen molar-refractivity contribution in [2.45, 2.75) is 6.43 Å². The van der Waals surface area contributed by atoms with Crippen molar-refractivity contribution in [3.63, 3.8) is 0 Å². The van der Waals surface area contributed by atoms with E-state index >= 15 is 0 Å². The van der Waals surface area contributed by atoms with E-state index in [1.54, 1.807) is 22.6 Å². The summed E-state index contributed by atoms with van der Waals surface area (Å²) in [5, 5.41) is 0. The van der Waals surface area contributed by atoms with Crippen LogP contribution in [0.2, 0.25) is 0 Å². The Bertz CT molecular complexity index is 280. The summed E-state index contributed by atoms with van der Waals surface area (Å²) in [6.45, 7) is 0. The van der Waals surface area contributed by atoms with Crippen molar-refractivity contribution in [1.82, 2.24) is 4.98 Å². The van der Waals surface area contributed by atoms with Gasteiger partial charge in [-0.3, -0.25) is 0 Å². The Balaban J connectivity index is 3.28. The molecule has 1 heterocycles. The second-order valence-electron chi connectivity index (χ2n) is 2.04. The lowest BCUT2D eigenvalue weighted by atomic mass is 10.2. The number of alkyl halides is 2. The molecule has 0 radical (unpaired) electrons. The second kappa shape index (κ2) is 3.46. The highest BCUT2D eigenvalue weighted by atomic mass is 127. The van der Waals surface area contributed by atoms with Crippen LogP contribution in [0, 0.1) is 9.65 Å². The third-order valence-electron chi connectivity index (χ3n) is 1.23. The van der Waals surface area contributed by atoms with Crippen molar-refractivity contribution in [3.8, 4) is 0 Å². The number of nitrogen functional groups attached to an aromatic ring is 1. The van der Waals surface area contributed by atoms with Crippen LogP contribution in [0.15, 0.2) is 6.07 Å². The molecule has 0 amide bonds. The van der Waals surface area contributed by atoms with Crippen LogP contribution >= 0.6 is 22.6 Å². The molecule has 1 aromatic rings. The van der Waals surface area contributed by atoms with E-state index in [9.17, 15) is 13.2 Å². The molecule has 0 saturated carbocycles. The summed E-state index contributed by atoms with van der Waals surface area (Å²) in [6.07, 6.45) is -2.92. The molecular weight excluding hydrogens is 284 g/mol. The van der Waals surface area contributed by atoms with Crippen molar-refractivity contribution in [3.05, 3.63) is 21.3 Å². The lowest BCUT2D eigenvalue weighted by Crippen LogP contribution is -2.02. The van der Waals surface area contributed by atoms with Gasteiger partial charge in [0.25, 0.3) is 6.43 Å². The van der Waals surface area contributed by atoms with E-state index < -0.39 is 17.9 Å². The standard InChI is InChI=1S/C6H4F3IN2/c7-5(8)4-2(11)1-3(10)12-6(4)9/h1,5H,(H2,11,12). The molecule has 0 aliphatic rings. The van der Waals surface area contributed by atoms with Crippen LogP contribution in [0.4, 0.5) is 18.9 Å². The Morgan fingerprint density at radius 2 is 2.08 bits per heavy atom.